The van der Waals surface area contributed by atoms with Gasteiger partial charge in [0, 0.05) is 42.7 Å². The minimum absolute atomic E-state index is 0.0580. The van der Waals surface area contributed by atoms with E-state index in [0.29, 0.717) is 45.8 Å². The van der Waals surface area contributed by atoms with E-state index < -0.39 is 11.6 Å². The molecular formula is C28H30F2N6O. The molecule has 9 heteroatoms. The van der Waals surface area contributed by atoms with Crippen molar-refractivity contribution in [2.75, 3.05) is 44.7 Å². The van der Waals surface area contributed by atoms with Crippen LogP contribution in [0.3, 0.4) is 0 Å². The monoisotopic (exact) mass is 504 g/mol. The van der Waals surface area contributed by atoms with Gasteiger partial charge >= 0.3 is 6.01 Å². The smallest absolute Gasteiger partial charge is 0.320 e. The van der Waals surface area contributed by atoms with E-state index in [4.69, 9.17) is 9.72 Å². The van der Waals surface area contributed by atoms with Gasteiger partial charge in [0.15, 0.2) is 5.65 Å². The topological polar surface area (TPSA) is 66.4 Å². The SMILES string of the molecule is CC1CNCCN1c1nc(OCC2CCCN2C)nc2nc(-c3cccc4cccc(F)c34)c(F)cc12. The molecule has 192 valence electrons. The fourth-order valence-electron chi connectivity index (χ4n) is 5.48. The molecular weight excluding hydrogens is 474 g/mol. The molecule has 37 heavy (non-hydrogen) atoms. The molecule has 2 aliphatic heterocycles. The van der Waals surface area contributed by atoms with Crippen LogP contribution in [0.1, 0.15) is 19.8 Å². The fraction of sp³-hybridized carbons (Fsp3) is 0.393. The van der Waals surface area contributed by atoms with E-state index in [2.05, 4.69) is 39.1 Å². The number of anilines is 1. The summed E-state index contributed by atoms with van der Waals surface area (Å²) in [5.74, 6) is -0.356. The number of pyridine rings is 1. The van der Waals surface area contributed by atoms with Gasteiger partial charge in [-0.2, -0.15) is 9.97 Å². The Morgan fingerprint density at radius 2 is 1.89 bits per heavy atom. The van der Waals surface area contributed by atoms with Gasteiger partial charge in [0.05, 0.1) is 5.39 Å². The Bertz CT molecular complexity index is 1460. The number of rotatable bonds is 5. The van der Waals surface area contributed by atoms with Crippen LogP contribution in [0, 0.1) is 11.6 Å². The molecule has 4 aromatic rings. The van der Waals surface area contributed by atoms with Crippen LogP contribution in [0.2, 0.25) is 0 Å². The lowest BCUT2D eigenvalue weighted by molar-refractivity contribution is 0.188. The molecule has 0 saturated carbocycles. The van der Waals surface area contributed by atoms with E-state index in [0.717, 1.165) is 39.0 Å². The Labute approximate surface area is 214 Å². The number of benzene rings is 2. The number of nitrogens with one attached hydrogen (secondary N) is 1. The molecule has 0 aliphatic carbocycles. The number of ether oxygens (including phenoxy) is 1. The lowest BCUT2D eigenvalue weighted by atomic mass is 10.0. The molecule has 6 rings (SSSR count). The lowest BCUT2D eigenvalue weighted by Crippen LogP contribution is -2.50. The quantitative estimate of drug-likeness (QED) is 0.432. The second kappa shape index (κ2) is 9.79. The van der Waals surface area contributed by atoms with E-state index in [1.165, 1.54) is 12.1 Å². The second-order valence-electron chi connectivity index (χ2n) is 10.00. The molecule has 1 N–H and O–H groups in total. The summed E-state index contributed by atoms with van der Waals surface area (Å²) in [6, 6.07) is 12.2. The summed E-state index contributed by atoms with van der Waals surface area (Å²) in [5, 5.41) is 4.91. The maximum Gasteiger partial charge on any atom is 0.320 e. The number of nitrogens with zero attached hydrogens (tertiary/aromatic N) is 5. The van der Waals surface area contributed by atoms with E-state index in [9.17, 15) is 4.39 Å². The average molecular weight is 505 g/mol. The minimum atomic E-state index is -0.544. The highest BCUT2D eigenvalue weighted by Crippen LogP contribution is 2.35. The highest BCUT2D eigenvalue weighted by molar-refractivity contribution is 5.98. The normalized spacial score (nSPS) is 20.7. The van der Waals surface area contributed by atoms with Crippen molar-refractivity contribution in [2.24, 2.45) is 0 Å². The summed E-state index contributed by atoms with van der Waals surface area (Å²) in [6.07, 6.45) is 2.20. The van der Waals surface area contributed by atoms with Crippen LogP contribution in [0.5, 0.6) is 6.01 Å². The summed E-state index contributed by atoms with van der Waals surface area (Å²) < 4.78 is 36.7. The first-order valence-electron chi connectivity index (χ1n) is 12.9. The lowest BCUT2D eigenvalue weighted by Gasteiger charge is -2.35. The van der Waals surface area contributed by atoms with Crippen molar-refractivity contribution in [3.8, 4) is 17.3 Å². The highest BCUT2D eigenvalue weighted by atomic mass is 19.1. The molecule has 2 saturated heterocycles. The first-order valence-corrected chi connectivity index (χ1v) is 12.9. The molecule has 0 radical (unpaired) electrons. The van der Waals surface area contributed by atoms with Gasteiger partial charge in [-0.1, -0.05) is 30.3 Å². The summed E-state index contributed by atoms with van der Waals surface area (Å²) in [7, 11) is 2.09. The van der Waals surface area contributed by atoms with Crippen molar-refractivity contribution in [3.05, 3.63) is 54.1 Å². The number of fused-ring (bicyclic) bond motifs is 2. The molecule has 2 atom stereocenters. The van der Waals surface area contributed by atoms with Gasteiger partial charge in [-0.05, 0) is 50.9 Å². The van der Waals surface area contributed by atoms with E-state index in [1.807, 2.05) is 0 Å². The van der Waals surface area contributed by atoms with Gasteiger partial charge in [0.1, 0.15) is 29.8 Å². The van der Waals surface area contributed by atoms with Crippen LogP contribution in [-0.4, -0.2) is 71.8 Å². The van der Waals surface area contributed by atoms with Gasteiger partial charge < -0.3 is 19.9 Å². The van der Waals surface area contributed by atoms with Gasteiger partial charge in [0.25, 0.3) is 0 Å². The Morgan fingerprint density at radius 3 is 2.68 bits per heavy atom. The summed E-state index contributed by atoms with van der Waals surface area (Å²) in [5.41, 5.74) is 0.777. The summed E-state index contributed by atoms with van der Waals surface area (Å²) >= 11 is 0. The van der Waals surface area contributed by atoms with Crippen molar-refractivity contribution in [3.63, 3.8) is 0 Å². The molecule has 4 heterocycles. The summed E-state index contributed by atoms with van der Waals surface area (Å²) in [6.45, 7) is 5.92. The third-order valence-electron chi connectivity index (χ3n) is 7.56. The number of aromatic nitrogens is 3. The minimum Gasteiger partial charge on any atom is -0.462 e. The zero-order valence-corrected chi connectivity index (χ0v) is 21.0. The predicted molar refractivity (Wildman–Crippen MR) is 141 cm³/mol. The molecule has 2 aromatic heterocycles. The number of halogens is 2. The van der Waals surface area contributed by atoms with Crippen molar-refractivity contribution >= 4 is 27.6 Å². The molecule has 0 spiro atoms. The Kier molecular flexibility index (Phi) is 6.34. The Hall–Kier alpha value is -3.43. The zero-order chi connectivity index (χ0) is 25.5. The van der Waals surface area contributed by atoms with Crippen LogP contribution < -0.4 is 15.0 Å². The Balaban J connectivity index is 1.49. The third kappa shape index (κ3) is 4.46. The number of piperazine rings is 1. The standard InChI is InChI=1S/C28H30F2N6O/c1-17-15-31-11-13-36(17)27-21-14-23(30)25(20-9-3-6-18-7-4-10-22(29)24(18)20)32-26(21)33-28(34-27)37-16-19-8-5-12-35(19)2/h3-4,6-7,9-10,14,17,19,31H,5,8,11-13,15-16H2,1-2H3. The average Bonchev–Trinajstić information content (AvgIpc) is 3.31. The molecule has 2 unspecified atom stereocenters. The number of likely N-dealkylation sites (tertiary alicyclic amines) is 1. The number of hydrogen-bond donors (Lipinski definition) is 1. The number of hydrogen-bond acceptors (Lipinski definition) is 7. The van der Waals surface area contributed by atoms with Crippen molar-refractivity contribution in [2.45, 2.75) is 31.8 Å². The molecule has 0 amide bonds. The Morgan fingerprint density at radius 1 is 1.05 bits per heavy atom. The van der Waals surface area contributed by atoms with Gasteiger partial charge in [0.2, 0.25) is 0 Å². The van der Waals surface area contributed by atoms with Gasteiger partial charge in [-0.25, -0.2) is 13.8 Å². The van der Waals surface area contributed by atoms with Gasteiger partial charge in [-0.3, -0.25) is 0 Å². The van der Waals surface area contributed by atoms with E-state index >= 15 is 4.39 Å². The van der Waals surface area contributed by atoms with Crippen LogP contribution in [-0.2, 0) is 0 Å². The first-order chi connectivity index (χ1) is 18.0. The number of likely N-dealkylation sites (N-methyl/N-ethyl adjacent to an activating group) is 1. The van der Waals surface area contributed by atoms with Crippen LogP contribution in [0.4, 0.5) is 14.6 Å². The van der Waals surface area contributed by atoms with Crippen LogP contribution in [0.25, 0.3) is 33.1 Å². The zero-order valence-electron chi connectivity index (χ0n) is 21.0. The van der Waals surface area contributed by atoms with Crippen molar-refractivity contribution < 1.29 is 13.5 Å². The molecule has 2 aromatic carbocycles. The van der Waals surface area contributed by atoms with Crippen LogP contribution in [0.15, 0.2) is 42.5 Å². The van der Waals surface area contributed by atoms with E-state index in [-0.39, 0.29) is 17.7 Å². The van der Waals surface area contributed by atoms with E-state index in [1.54, 1.807) is 30.3 Å². The molecule has 7 nitrogen and oxygen atoms in total. The maximum absolute atomic E-state index is 15.7. The molecule has 0 bridgehead atoms. The molecule has 2 fully saturated rings. The maximum atomic E-state index is 15.7. The highest BCUT2D eigenvalue weighted by Gasteiger charge is 2.26. The largest absolute Gasteiger partial charge is 0.462 e. The first kappa shape index (κ1) is 23.9. The van der Waals surface area contributed by atoms with Crippen molar-refractivity contribution in [1.82, 2.24) is 25.2 Å². The molecule has 2 aliphatic rings. The van der Waals surface area contributed by atoms with Gasteiger partial charge in [-0.15, -0.1) is 0 Å². The van der Waals surface area contributed by atoms with Crippen LogP contribution >= 0.6 is 0 Å². The third-order valence-corrected chi connectivity index (χ3v) is 7.56. The van der Waals surface area contributed by atoms with Crippen molar-refractivity contribution in [1.29, 1.82) is 0 Å². The summed E-state index contributed by atoms with van der Waals surface area (Å²) in [4.78, 5) is 18.4. The second-order valence-corrected chi connectivity index (χ2v) is 10.00. The fourth-order valence-corrected chi connectivity index (χ4v) is 5.48. The predicted octanol–water partition coefficient (Wildman–Crippen LogP) is 4.39.